The fraction of sp³-hybridized carbons (Fsp3) is 0.333. The third-order valence-electron chi connectivity index (χ3n) is 4.06. The van der Waals surface area contributed by atoms with Crippen LogP contribution in [0.1, 0.15) is 40.4 Å². The molecule has 1 atom stereocenters. The molecule has 0 spiro atoms. The number of carbonyl (C=O) groups is 1. The molecule has 1 aliphatic heterocycles. The predicted octanol–water partition coefficient (Wildman–Crippen LogP) is 3.51. The van der Waals surface area contributed by atoms with Gasteiger partial charge in [-0.25, -0.2) is 14.2 Å². The molecule has 2 aromatic heterocycles. The van der Waals surface area contributed by atoms with Crippen molar-refractivity contribution in [3.8, 4) is 0 Å². The molecular weight excluding hydrogens is 428 g/mol. The van der Waals surface area contributed by atoms with Crippen LogP contribution >= 0.6 is 11.3 Å². The lowest BCUT2D eigenvalue weighted by atomic mass is 10.1. The van der Waals surface area contributed by atoms with Gasteiger partial charge in [0.25, 0.3) is 0 Å². The third-order valence-corrected chi connectivity index (χ3v) is 4.96. The molecule has 0 saturated carbocycles. The Labute approximate surface area is 171 Å². The van der Waals surface area contributed by atoms with E-state index < -0.39 is 12.1 Å². The predicted molar refractivity (Wildman–Crippen MR) is 97.5 cm³/mol. The molecular formula is C18H16F4N4O3S. The van der Waals surface area contributed by atoms with E-state index in [1.54, 1.807) is 23.5 Å². The van der Waals surface area contributed by atoms with Crippen LogP contribution in [0, 0.1) is 5.82 Å². The van der Waals surface area contributed by atoms with E-state index >= 15 is 0 Å². The van der Waals surface area contributed by atoms with Crippen molar-refractivity contribution in [1.29, 1.82) is 0 Å². The Morgan fingerprint density at radius 1 is 1.23 bits per heavy atom. The third kappa shape index (κ3) is 6.07. The van der Waals surface area contributed by atoms with Crippen molar-refractivity contribution in [2.45, 2.75) is 31.5 Å². The van der Waals surface area contributed by atoms with Crippen molar-refractivity contribution in [1.82, 2.24) is 20.4 Å². The number of nitrogens with zero attached hydrogens (tertiary/aromatic N) is 3. The highest BCUT2D eigenvalue weighted by Crippen LogP contribution is 2.21. The van der Waals surface area contributed by atoms with Gasteiger partial charge in [-0.2, -0.15) is 18.2 Å². The van der Waals surface area contributed by atoms with Crippen molar-refractivity contribution in [3.63, 3.8) is 0 Å². The molecule has 2 N–H and O–H groups in total. The first-order chi connectivity index (χ1) is 14.2. The van der Waals surface area contributed by atoms with Gasteiger partial charge in [0, 0.05) is 11.8 Å². The summed E-state index contributed by atoms with van der Waals surface area (Å²) in [4.78, 5) is 17.9. The van der Waals surface area contributed by atoms with Gasteiger partial charge in [0.2, 0.25) is 5.89 Å². The summed E-state index contributed by atoms with van der Waals surface area (Å²) in [5.74, 6) is -1.66. The summed E-state index contributed by atoms with van der Waals surface area (Å²) in [5, 5.41) is 17.4. The Morgan fingerprint density at radius 3 is 2.47 bits per heavy atom. The number of benzene rings is 1. The number of hydrogen-bond donors (Lipinski definition) is 2. The van der Waals surface area contributed by atoms with E-state index in [9.17, 15) is 17.6 Å². The number of nitrogens with one attached hydrogen (secondary N) is 1. The van der Waals surface area contributed by atoms with Gasteiger partial charge in [0.15, 0.2) is 5.82 Å². The van der Waals surface area contributed by atoms with Gasteiger partial charge < -0.3 is 14.9 Å². The molecule has 0 bridgehead atoms. The Morgan fingerprint density at radius 2 is 1.90 bits per heavy atom. The van der Waals surface area contributed by atoms with Gasteiger partial charge in [-0.15, -0.1) is 11.3 Å². The number of aromatic nitrogens is 3. The fourth-order valence-electron chi connectivity index (χ4n) is 2.43. The zero-order valence-electron chi connectivity index (χ0n) is 15.3. The van der Waals surface area contributed by atoms with E-state index in [-0.39, 0.29) is 11.9 Å². The number of rotatable bonds is 5. The zero-order valence-corrected chi connectivity index (χ0v) is 16.1. The molecule has 12 heteroatoms. The van der Waals surface area contributed by atoms with Crippen molar-refractivity contribution < 1.29 is 32.0 Å². The molecule has 1 unspecified atom stereocenters. The van der Waals surface area contributed by atoms with E-state index in [0.717, 1.165) is 35.1 Å². The van der Waals surface area contributed by atoms with Gasteiger partial charge in [0.05, 0.1) is 23.2 Å². The molecule has 1 fully saturated rings. The summed E-state index contributed by atoms with van der Waals surface area (Å²) in [6, 6.07) is 6.74. The summed E-state index contributed by atoms with van der Waals surface area (Å²) in [6.07, 6.45) is -2.79. The Bertz CT molecular complexity index is 984. The van der Waals surface area contributed by atoms with Crippen LogP contribution in [0.15, 0.2) is 34.2 Å². The second kappa shape index (κ2) is 9.30. The molecule has 0 amide bonds. The molecule has 30 heavy (non-hydrogen) atoms. The first-order valence-electron chi connectivity index (χ1n) is 8.74. The smallest absolute Gasteiger partial charge is 0.475 e. The topological polar surface area (TPSA) is 101 Å². The highest BCUT2D eigenvalue weighted by Gasteiger charge is 2.38. The SMILES string of the molecule is Fc1ccc(Cc2nc(Cc3nc(C4CCN4)no3)cs2)cc1.O=C(O)C(F)(F)F. The second-order valence-electron chi connectivity index (χ2n) is 6.36. The number of aliphatic carboxylic acids is 1. The summed E-state index contributed by atoms with van der Waals surface area (Å²) < 4.78 is 49.9. The van der Waals surface area contributed by atoms with Crippen LogP contribution < -0.4 is 5.32 Å². The lowest BCUT2D eigenvalue weighted by Crippen LogP contribution is -2.35. The van der Waals surface area contributed by atoms with Crippen LogP contribution in [0.5, 0.6) is 0 Å². The van der Waals surface area contributed by atoms with Crippen molar-refractivity contribution in [2.24, 2.45) is 0 Å². The lowest BCUT2D eigenvalue weighted by Gasteiger charge is -2.23. The average Bonchev–Trinajstić information content (AvgIpc) is 3.25. The largest absolute Gasteiger partial charge is 0.490 e. The maximum absolute atomic E-state index is 12.9. The number of hydrogen-bond acceptors (Lipinski definition) is 7. The first kappa shape index (κ1) is 21.8. The van der Waals surface area contributed by atoms with E-state index in [2.05, 4.69) is 20.4 Å². The van der Waals surface area contributed by atoms with E-state index in [1.165, 1.54) is 12.1 Å². The Hall–Kier alpha value is -2.86. The van der Waals surface area contributed by atoms with Crippen LogP contribution in [0.4, 0.5) is 17.6 Å². The van der Waals surface area contributed by atoms with E-state index in [0.29, 0.717) is 18.7 Å². The molecule has 3 aromatic rings. The molecule has 1 saturated heterocycles. The van der Waals surface area contributed by atoms with Crippen molar-refractivity contribution >= 4 is 17.3 Å². The molecule has 1 aliphatic rings. The molecule has 3 heterocycles. The highest BCUT2D eigenvalue weighted by atomic mass is 32.1. The number of carboxylic acids is 1. The maximum atomic E-state index is 12.9. The number of carboxylic acid groups (broad SMARTS) is 1. The Balaban J connectivity index is 0.000000318. The molecule has 4 rings (SSSR count). The molecule has 7 nitrogen and oxygen atoms in total. The second-order valence-corrected chi connectivity index (χ2v) is 7.30. The maximum Gasteiger partial charge on any atom is 0.490 e. The molecule has 1 aromatic carbocycles. The zero-order chi connectivity index (χ0) is 21.7. The van der Waals surface area contributed by atoms with Crippen molar-refractivity contribution in [2.75, 3.05) is 6.54 Å². The summed E-state index contributed by atoms with van der Waals surface area (Å²) >= 11 is 1.59. The van der Waals surface area contributed by atoms with Crippen molar-refractivity contribution in [3.05, 3.63) is 63.4 Å². The van der Waals surface area contributed by atoms with Crippen LogP contribution in [0.3, 0.4) is 0 Å². The van der Waals surface area contributed by atoms with Gasteiger partial charge in [-0.3, -0.25) is 0 Å². The number of alkyl halides is 3. The minimum Gasteiger partial charge on any atom is -0.475 e. The average molecular weight is 444 g/mol. The standard InChI is InChI=1S/C16H15FN4OS.C2HF3O2/c17-11-3-1-10(2-4-11)7-15-19-12(9-23-15)8-14-20-16(21-22-14)13-5-6-18-13;3-2(4,5)1(6)7/h1-4,9,13,18H,5-8H2;(H,6,7). The van der Waals surface area contributed by atoms with E-state index in [4.69, 9.17) is 14.4 Å². The molecule has 160 valence electrons. The minimum absolute atomic E-state index is 0.221. The van der Waals surface area contributed by atoms with Crippen LogP contribution in [0.2, 0.25) is 0 Å². The molecule has 0 radical (unpaired) electrons. The lowest BCUT2D eigenvalue weighted by molar-refractivity contribution is -0.192. The minimum atomic E-state index is -5.08. The van der Waals surface area contributed by atoms with Crippen LogP contribution in [-0.4, -0.2) is 38.9 Å². The quantitative estimate of drug-likeness (QED) is 0.581. The van der Waals surface area contributed by atoms with Gasteiger partial charge in [0.1, 0.15) is 5.82 Å². The fourth-order valence-corrected chi connectivity index (χ4v) is 3.26. The van der Waals surface area contributed by atoms with Gasteiger partial charge >= 0.3 is 12.1 Å². The first-order valence-corrected chi connectivity index (χ1v) is 9.62. The van der Waals surface area contributed by atoms with E-state index in [1.807, 2.05) is 5.38 Å². The van der Waals surface area contributed by atoms with Crippen LogP contribution in [0.25, 0.3) is 0 Å². The number of thiazole rings is 1. The Kier molecular flexibility index (Phi) is 6.77. The summed E-state index contributed by atoms with van der Waals surface area (Å²) in [7, 11) is 0. The molecule has 0 aliphatic carbocycles. The van der Waals surface area contributed by atoms with Crippen LogP contribution in [-0.2, 0) is 17.6 Å². The normalized spacial score (nSPS) is 15.8. The van der Waals surface area contributed by atoms with Gasteiger partial charge in [-0.1, -0.05) is 17.3 Å². The monoisotopic (exact) mass is 444 g/mol. The van der Waals surface area contributed by atoms with Gasteiger partial charge in [-0.05, 0) is 30.7 Å². The number of halogens is 4. The summed E-state index contributed by atoms with van der Waals surface area (Å²) in [5.41, 5.74) is 1.97. The summed E-state index contributed by atoms with van der Waals surface area (Å²) in [6.45, 7) is 1.01. The highest BCUT2D eigenvalue weighted by molar-refractivity contribution is 7.09.